The minimum absolute atomic E-state index is 0.0420. The van der Waals surface area contributed by atoms with E-state index in [0.29, 0.717) is 16.9 Å². The lowest BCUT2D eigenvalue weighted by molar-refractivity contribution is -0.123. The summed E-state index contributed by atoms with van der Waals surface area (Å²) in [7, 11) is 0. The lowest BCUT2D eigenvalue weighted by Crippen LogP contribution is -2.24. The maximum absolute atomic E-state index is 11.8. The van der Waals surface area contributed by atoms with E-state index in [1.165, 1.54) is 18.3 Å². The largest absolute Gasteiger partial charge is 0.507 e. The molecule has 7 nitrogen and oxygen atoms in total. The number of phenolic OH excluding ortho intramolecular Hbond substituents is 1. The number of phenols is 1. The van der Waals surface area contributed by atoms with Crippen molar-refractivity contribution in [2.24, 2.45) is 5.10 Å². The van der Waals surface area contributed by atoms with Crippen LogP contribution in [0.5, 0.6) is 11.5 Å². The van der Waals surface area contributed by atoms with E-state index in [4.69, 9.17) is 9.15 Å². The van der Waals surface area contributed by atoms with E-state index >= 15 is 0 Å². The Kier molecular flexibility index (Phi) is 5.56. The molecule has 2 aromatic carbocycles. The first kappa shape index (κ1) is 18.7. The van der Waals surface area contributed by atoms with Crippen molar-refractivity contribution in [1.82, 2.24) is 5.43 Å². The van der Waals surface area contributed by atoms with Gasteiger partial charge < -0.3 is 14.3 Å². The van der Waals surface area contributed by atoms with Crippen LogP contribution in [0.4, 0.5) is 0 Å². The second kappa shape index (κ2) is 8.05. The van der Waals surface area contributed by atoms with Crippen LogP contribution in [0.25, 0.3) is 11.0 Å². The van der Waals surface area contributed by atoms with Gasteiger partial charge in [0.25, 0.3) is 5.91 Å². The summed E-state index contributed by atoms with van der Waals surface area (Å²) in [5.41, 5.74) is 3.51. The van der Waals surface area contributed by atoms with Gasteiger partial charge in [-0.05, 0) is 42.8 Å². The van der Waals surface area contributed by atoms with Gasteiger partial charge in [0.1, 0.15) is 17.1 Å². The highest BCUT2D eigenvalue weighted by Gasteiger charge is 2.06. The topological polar surface area (TPSA) is 101 Å². The summed E-state index contributed by atoms with van der Waals surface area (Å²) < 4.78 is 11.3. The van der Waals surface area contributed by atoms with Crippen LogP contribution in [0.1, 0.15) is 11.1 Å². The van der Waals surface area contributed by atoms with E-state index in [9.17, 15) is 14.7 Å². The smallest absolute Gasteiger partial charge is 0.336 e. The van der Waals surface area contributed by atoms with E-state index in [1.54, 1.807) is 30.3 Å². The first-order valence-corrected chi connectivity index (χ1v) is 8.69. The van der Waals surface area contributed by atoms with Gasteiger partial charge in [0, 0.05) is 27.6 Å². The van der Waals surface area contributed by atoms with Crippen molar-refractivity contribution in [1.29, 1.82) is 0 Å². The minimum Gasteiger partial charge on any atom is -0.507 e. The molecule has 138 valence electrons. The molecule has 3 rings (SSSR count). The highest BCUT2D eigenvalue weighted by molar-refractivity contribution is 9.10. The van der Waals surface area contributed by atoms with Crippen LogP contribution >= 0.6 is 15.9 Å². The van der Waals surface area contributed by atoms with Gasteiger partial charge in [-0.25, -0.2) is 10.2 Å². The zero-order valence-corrected chi connectivity index (χ0v) is 15.8. The third-order valence-corrected chi connectivity index (χ3v) is 4.17. The summed E-state index contributed by atoms with van der Waals surface area (Å²) >= 11 is 3.29. The number of fused-ring (bicyclic) bond motifs is 1. The first-order valence-electron chi connectivity index (χ1n) is 7.90. The number of nitrogens with zero attached hydrogens (tertiary/aromatic N) is 1. The fraction of sp³-hybridized carbons (Fsp3) is 0.105. The summed E-state index contributed by atoms with van der Waals surface area (Å²) in [6.45, 7) is 1.54. The van der Waals surface area contributed by atoms with Crippen molar-refractivity contribution in [3.8, 4) is 11.5 Å². The van der Waals surface area contributed by atoms with Crippen LogP contribution in [-0.2, 0) is 4.79 Å². The molecule has 0 radical (unpaired) electrons. The Morgan fingerprint density at radius 2 is 2.11 bits per heavy atom. The van der Waals surface area contributed by atoms with E-state index in [0.717, 1.165) is 15.4 Å². The van der Waals surface area contributed by atoms with Crippen molar-refractivity contribution in [3.63, 3.8) is 0 Å². The molecule has 1 aromatic heterocycles. The average molecular weight is 431 g/mol. The molecular weight excluding hydrogens is 416 g/mol. The van der Waals surface area contributed by atoms with Crippen LogP contribution in [0.15, 0.2) is 61.3 Å². The van der Waals surface area contributed by atoms with Gasteiger partial charge in [-0.1, -0.05) is 15.9 Å². The summed E-state index contributed by atoms with van der Waals surface area (Å²) in [6, 6.07) is 11.3. The number of hydrogen-bond donors (Lipinski definition) is 2. The number of aryl methyl sites for hydroxylation is 1. The molecule has 0 saturated heterocycles. The molecule has 1 amide bonds. The summed E-state index contributed by atoms with van der Waals surface area (Å²) in [5, 5.41) is 14.3. The standard InChI is InChI=1S/C19H15BrN2O5/c1-11-6-19(25)27-17-8-14(3-4-15(11)17)26-10-18(24)22-21-9-12-7-13(20)2-5-16(12)23/h2-9,23H,10H2,1H3,(H,22,24). The third kappa shape index (κ3) is 4.73. The first-order chi connectivity index (χ1) is 12.9. The highest BCUT2D eigenvalue weighted by atomic mass is 79.9. The zero-order valence-electron chi connectivity index (χ0n) is 14.2. The average Bonchev–Trinajstić information content (AvgIpc) is 2.62. The molecule has 0 fully saturated rings. The number of ether oxygens (including phenoxy) is 1. The molecule has 27 heavy (non-hydrogen) atoms. The van der Waals surface area contributed by atoms with Crippen LogP contribution in [0.3, 0.4) is 0 Å². The number of carbonyl (C=O) groups excluding carboxylic acids is 1. The number of aromatic hydroxyl groups is 1. The molecule has 0 aliphatic rings. The van der Waals surface area contributed by atoms with E-state index in [-0.39, 0.29) is 12.4 Å². The molecule has 0 aliphatic heterocycles. The lowest BCUT2D eigenvalue weighted by atomic mass is 10.1. The zero-order chi connectivity index (χ0) is 19.4. The Morgan fingerprint density at radius 1 is 1.30 bits per heavy atom. The second-order valence-corrected chi connectivity index (χ2v) is 6.61. The van der Waals surface area contributed by atoms with Gasteiger partial charge in [-0.2, -0.15) is 5.10 Å². The van der Waals surface area contributed by atoms with Crippen molar-refractivity contribution in [2.45, 2.75) is 6.92 Å². The Labute approximate surface area is 162 Å². The van der Waals surface area contributed by atoms with E-state index < -0.39 is 11.5 Å². The number of hydrogen-bond acceptors (Lipinski definition) is 6. The molecule has 0 bridgehead atoms. The molecule has 0 unspecified atom stereocenters. The van der Waals surface area contributed by atoms with Gasteiger partial charge in [-0.15, -0.1) is 0 Å². The highest BCUT2D eigenvalue weighted by Crippen LogP contribution is 2.22. The van der Waals surface area contributed by atoms with Crippen molar-refractivity contribution < 1.29 is 19.1 Å². The predicted molar refractivity (Wildman–Crippen MR) is 104 cm³/mol. The SMILES string of the molecule is Cc1cc(=O)oc2cc(OCC(=O)NN=Cc3cc(Br)ccc3O)ccc12. The molecule has 1 heterocycles. The van der Waals surface area contributed by atoms with E-state index in [1.807, 2.05) is 6.92 Å². The quantitative estimate of drug-likeness (QED) is 0.367. The maximum Gasteiger partial charge on any atom is 0.336 e. The molecule has 0 aliphatic carbocycles. The molecular formula is C19H15BrN2O5. The Bertz CT molecular complexity index is 1090. The summed E-state index contributed by atoms with van der Waals surface area (Å²) in [6.07, 6.45) is 1.32. The van der Waals surface area contributed by atoms with Gasteiger partial charge in [-0.3, -0.25) is 4.79 Å². The number of benzene rings is 2. The van der Waals surface area contributed by atoms with E-state index in [2.05, 4.69) is 26.5 Å². The Morgan fingerprint density at radius 3 is 2.93 bits per heavy atom. The molecule has 0 atom stereocenters. The fourth-order valence-electron chi connectivity index (χ4n) is 2.38. The Hall–Kier alpha value is -3.13. The Balaban J connectivity index is 1.60. The van der Waals surface area contributed by atoms with Gasteiger partial charge in [0.2, 0.25) is 0 Å². The predicted octanol–water partition coefficient (Wildman–Crippen LogP) is 3.10. The summed E-state index contributed by atoms with van der Waals surface area (Å²) in [5.74, 6) is -0.0491. The molecule has 2 N–H and O–H groups in total. The van der Waals surface area contributed by atoms with Crippen LogP contribution in [0.2, 0.25) is 0 Å². The minimum atomic E-state index is -0.480. The van der Waals surface area contributed by atoms with Gasteiger partial charge in [0.15, 0.2) is 6.61 Å². The maximum atomic E-state index is 11.8. The molecule has 0 saturated carbocycles. The third-order valence-electron chi connectivity index (χ3n) is 3.68. The number of amides is 1. The number of nitrogens with one attached hydrogen (secondary N) is 1. The van der Waals surface area contributed by atoms with Gasteiger partial charge >= 0.3 is 5.63 Å². The van der Waals surface area contributed by atoms with Crippen molar-refractivity contribution >= 4 is 39.0 Å². The monoisotopic (exact) mass is 430 g/mol. The lowest BCUT2D eigenvalue weighted by Gasteiger charge is -2.07. The van der Waals surface area contributed by atoms with Crippen molar-refractivity contribution in [3.05, 3.63) is 68.5 Å². The number of rotatable bonds is 5. The summed E-state index contributed by atoms with van der Waals surface area (Å²) in [4.78, 5) is 23.3. The second-order valence-electron chi connectivity index (χ2n) is 5.69. The number of hydrazone groups is 1. The fourth-order valence-corrected chi connectivity index (χ4v) is 2.76. The molecule has 3 aromatic rings. The van der Waals surface area contributed by atoms with Crippen LogP contribution in [-0.4, -0.2) is 23.8 Å². The van der Waals surface area contributed by atoms with Crippen molar-refractivity contribution in [2.75, 3.05) is 6.61 Å². The van der Waals surface area contributed by atoms with Crippen LogP contribution < -0.4 is 15.8 Å². The molecule has 8 heteroatoms. The number of carbonyl (C=O) groups is 1. The normalized spacial score (nSPS) is 11.0. The molecule has 0 spiro atoms. The van der Waals surface area contributed by atoms with Crippen LogP contribution in [0, 0.1) is 6.92 Å². The van der Waals surface area contributed by atoms with Gasteiger partial charge in [0.05, 0.1) is 6.21 Å². The number of halogens is 1.